The molecule has 2 rings (SSSR count). The molecule has 19 heavy (non-hydrogen) atoms. The molecule has 0 unspecified atom stereocenters. The third kappa shape index (κ3) is 3.77. The smallest absolute Gasteiger partial charge is 0.0982 e. The molecule has 0 radical (unpaired) electrons. The largest absolute Gasteiger partial charge is 0.314 e. The summed E-state index contributed by atoms with van der Waals surface area (Å²) in [6.45, 7) is 12.4. The van der Waals surface area contributed by atoms with E-state index in [-0.39, 0.29) is 5.41 Å². The number of hydrogen-bond donors (Lipinski definition) is 1. The third-order valence-corrected chi connectivity index (χ3v) is 5.46. The Morgan fingerprint density at radius 1 is 1.37 bits per heavy atom. The van der Waals surface area contributed by atoms with Gasteiger partial charge in [-0.25, -0.2) is 4.98 Å². The molecule has 1 aliphatic rings. The zero-order chi connectivity index (χ0) is 14.1. The zero-order valence-electron chi connectivity index (χ0n) is 12.9. The van der Waals surface area contributed by atoms with Gasteiger partial charge in [0, 0.05) is 36.0 Å². The van der Waals surface area contributed by atoms with Crippen LogP contribution in [0.1, 0.15) is 51.2 Å². The summed E-state index contributed by atoms with van der Waals surface area (Å²) in [5.74, 6) is 0. The minimum absolute atomic E-state index is 0.176. The van der Waals surface area contributed by atoms with Crippen LogP contribution in [0.3, 0.4) is 0 Å². The van der Waals surface area contributed by atoms with Crippen LogP contribution >= 0.6 is 11.3 Å². The van der Waals surface area contributed by atoms with Crippen molar-refractivity contribution in [1.82, 2.24) is 15.2 Å². The number of hydrogen-bond acceptors (Lipinski definition) is 4. The highest BCUT2D eigenvalue weighted by Gasteiger charge is 2.28. The topological polar surface area (TPSA) is 28.2 Å². The van der Waals surface area contributed by atoms with Crippen LogP contribution in [0.15, 0.2) is 5.38 Å². The van der Waals surface area contributed by atoms with E-state index in [1.165, 1.54) is 36.6 Å². The molecule has 2 heterocycles. The average Bonchev–Trinajstić information content (AvgIpc) is 2.81. The summed E-state index contributed by atoms with van der Waals surface area (Å²) in [5.41, 5.74) is 1.74. The van der Waals surface area contributed by atoms with E-state index in [9.17, 15) is 0 Å². The molecule has 1 aromatic rings. The highest BCUT2D eigenvalue weighted by Crippen LogP contribution is 2.27. The average molecular weight is 281 g/mol. The normalized spacial score (nSPS) is 20.7. The van der Waals surface area contributed by atoms with Crippen LogP contribution in [0.5, 0.6) is 0 Å². The number of thiazole rings is 1. The van der Waals surface area contributed by atoms with E-state index in [1.54, 1.807) is 11.3 Å². The van der Waals surface area contributed by atoms with E-state index < -0.39 is 0 Å². The lowest BCUT2D eigenvalue weighted by molar-refractivity contribution is 0.145. The van der Waals surface area contributed by atoms with Crippen molar-refractivity contribution in [3.05, 3.63) is 16.1 Å². The van der Waals surface area contributed by atoms with Crippen LogP contribution in [0.25, 0.3) is 0 Å². The number of rotatable bonds is 3. The Bertz CT molecular complexity index is 411. The fourth-order valence-electron chi connectivity index (χ4n) is 2.41. The summed E-state index contributed by atoms with van der Waals surface area (Å²) < 4.78 is 0. The molecule has 1 saturated heterocycles. The van der Waals surface area contributed by atoms with Crippen molar-refractivity contribution in [2.45, 2.75) is 58.0 Å². The number of piperidine rings is 1. The van der Waals surface area contributed by atoms with Gasteiger partial charge >= 0.3 is 0 Å². The minimum Gasteiger partial charge on any atom is -0.314 e. The zero-order valence-corrected chi connectivity index (χ0v) is 13.7. The van der Waals surface area contributed by atoms with E-state index in [1.807, 2.05) is 0 Å². The quantitative estimate of drug-likeness (QED) is 0.923. The third-order valence-electron chi connectivity index (χ3n) is 4.14. The van der Waals surface area contributed by atoms with Gasteiger partial charge < -0.3 is 5.32 Å². The van der Waals surface area contributed by atoms with Gasteiger partial charge in [0.15, 0.2) is 0 Å². The first-order chi connectivity index (χ1) is 8.82. The van der Waals surface area contributed by atoms with Gasteiger partial charge in [-0.1, -0.05) is 20.8 Å². The number of nitrogens with one attached hydrogen (secondary N) is 1. The monoisotopic (exact) mass is 281 g/mol. The lowest BCUT2D eigenvalue weighted by atomic mass is 9.90. The summed E-state index contributed by atoms with van der Waals surface area (Å²) >= 11 is 1.80. The maximum Gasteiger partial charge on any atom is 0.0982 e. The highest BCUT2D eigenvalue weighted by atomic mass is 32.1. The number of aromatic nitrogens is 1. The predicted octanol–water partition coefficient (Wildman–Crippen LogP) is 3.01. The first kappa shape index (κ1) is 14.9. The lowest BCUT2D eigenvalue weighted by Crippen LogP contribution is -2.49. The molecular formula is C15H27N3S. The number of nitrogens with zero attached hydrogens (tertiary/aromatic N) is 2. The summed E-state index contributed by atoms with van der Waals surface area (Å²) in [6.07, 6.45) is 2.44. The van der Waals surface area contributed by atoms with E-state index in [4.69, 9.17) is 4.98 Å². The van der Waals surface area contributed by atoms with Crippen molar-refractivity contribution < 1.29 is 0 Å². The van der Waals surface area contributed by atoms with Gasteiger partial charge in [0.05, 0.1) is 10.7 Å². The molecule has 0 saturated carbocycles. The molecule has 1 aliphatic heterocycles. The molecular weight excluding hydrogens is 254 g/mol. The van der Waals surface area contributed by atoms with Crippen molar-refractivity contribution in [2.24, 2.45) is 0 Å². The van der Waals surface area contributed by atoms with Crippen molar-refractivity contribution in [3.63, 3.8) is 0 Å². The second-order valence-electron chi connectivity index (χ2n) is 6.98. The highest BCUT2D eigenvalue weighted by molar-refractivity contribution is 7.09. The van der Waals surface area contributed by atoms with Crippen molar-refractivity contribution in [1.29, 1.82) is 0 Å². The SMILES string of the molecule is CNC1(C)CCN(Cc2csc(C(C)(C)C)n2)CC1. The molecule has 0 aliphatic carbocycles. The van der Waals surface area contributed by atoms with Crippen LogP contribution in [0.4, 0.5) is 0 Å². The van der Waals surface area contributed by atoms with Crippen LogP contribution in [0, 0.1) is 0 Å². The van der Waals surface area contributed by atoms with Crippen LogP contribution < -0.4 is 5.32 Å². The van der Waals surface area contributed by atoms with Gasteiger partial charge in [-0.3, -0.25) is 4.90 Å². The van der Waals surface area contributed by atoms with E-state index >= 15 is 0 Å². The fraction of sp³-hybridized carbons (Fsp3) is 0.800. The van der Waals surface area contributed by atoms with E-state index in [2.05, 4.69) is 50.3 Å². The van der Waals surface area contributed by atoms with E-state index in [0.717, 1.165) is 6.54 Å². The van der Waals surface area contributed by atoms with Crippen molar-refractivity contribution >= 4 is 11.3 Å². The van der Waals surface area contributed by atoms with Crippen molar-refractivity contribution in [2.75, 3.05) is 20.1 Å². The molecule has 3 nitrogen and oxygen atoms in total. The molecule has 1 N–H and O–H groups in total. The molecule has 0 atom stereocenters. The maximum atomic E-state index is 4.79. The fourth-order valence-corrected chi connectivity index (χ4v) is 3.31. The molecule has 4 heteroatoms. The Morgan fingerprint density at radius 3 is 2.47 bits per heavy atom. The van der Waals surface area contributed by atoms with Crippen molar-refractivity contribution in [3.8, 4) is 0 Å². The summed E-state index contributed by atoms with van der Waals surface area (Å²) in [5, 5.41) is 6.93. The summed E-state index contributed by atoms with van der Waals surface area (Å²) in [4.78, 5) is 7.32. The summed E-state index contributed by atoms with van der Waals surface area (Å²) in [6, 6.07) is 0. The minimum atomic E-state index is 0.176. The molecule has 0 bridgehead atoms. The van der Waals surface area contributed by atoms with Gasteiger partial charge in [-0.2, -0.15) is 0 Å². The molecule has 0 amide bonds. The maximum absolute atomic E-state index is 4.79. The lowest BCUT2D eigenvalue weighted by Gasteiger charge is -2.39. The Morgan fingerprint density at radius 2 is 2.00 bits per heavy atom. The molecule has 1 fully saturated rings. The Kier molecular flexibility index (Phi) is 4.33. The molecule has 0 spiro atoms. The van der Waals surface area contributed by atoms with Crippen LogP contribution in [0.2, 0.25) is 0 Å². The number of likely N-dealkylation sites (tertiary alicyclic amines) is 1. The van der Waals surface area contributed by atoms with Gasteiger partial charge in [0.1, 0.15) is 0 Å². The second-order valence-corrected chi connectivity index (χ2v) is 7.84. The standard InChI is InChI=1S/C15H27N3S/c1-14(2,3)13-17-12(11-19-13)10-18-8-6-15(4,16-5)7-9-18/h11,16H,6-10H2,1-5H3. The van der Waals surface area contributed by atoms with Gasteiger partial charge in [0.25, 0.3) is 0 Å². The Labute approximate surface area is 121 Å². The van der Waals surface area contributed by atoms with E-state index in [0.29, 0.717) is 5.54 Å². The van der Waals surface area contributed by atoms with Gasteiger partial charge in [-0.05, 0) is 26.8 Å². The first-order valence-electron chi connectivity index (χ1n) is 7.19. The summed E-state index contributed by atoms with van der Waals surface area (Å²) in [7, 11) is 2.08. The van der Waals surface area contributed by atoms with Gasteiger partial charge in [0.2, 0.25) is 0 Å². The van der Waals surface area contributed by atoms with Gasteiger partial charge in [-0.15, -0.1) is 11.3 Å². The van der Waals surface area contributed by atoms with Crippen LogP contribution in [-0.2, 0) is 12.0 Å². The second kappa shape index (κ2) is 5.51. The Hall–Kier alpha value is -0.450. The molecule has 0 aromatic carbocycles. The molecule has 108 valence electrons. The predicted molar refractivity (Wildman–Crippen MR) is 82.8 cm³/mol. The first-order valence-corrected chi connectivity index (χ1v) is 8.06. The van der Waals surface area contributed by atoms with Crippen LogP contribution in [-0.4, -0.2) is 35.6 Å². The molecule has 1 aromatic heterocycles. The Balaban J connectivity index is 1.91.